The second-order valence-electron chi connectivity index (χ2n) is 5.90. The number of aromatic nitrogens is 1. The molecule has 10 heteroatoms. The number of thiazole rings is 1. The van der Waals surface area contributed by atoms with Crippen molar-refractivity contribution in [3.8, 4) is 17.2 Å². The number of carbonyl (C=O) groups is 2. The van der Waals surface area contributed by atoms with Gasteiger partial charge in [0.1, 0.15) is 0 Å². The van der Waals surface area contributed by atoms with Gasteiger partial charge in [0.2, 0.25) is 5.75 Å². The van der Waals surface area contributed by atoms with Crippen molar-refractivity contribution in [3.05, 3.63) is 28.3 Å². The van der Waals surface area contributed by atoms with Gasteiger partial charge in [-0.15, -0.1) is 0 Å². The lowest BCUT2D eigenvalue weighted by atomic mass is 10.1. The van der Waals surface area contributed by atoms with E-state index < -0.39 is 6.09 Å². The Kier molecular flexibility index (Phi) is 5.88. The summed E-state index contributed by atoms with van der Waals surface area (Å²) in [5, 5.41) is 3.02. The molecule has 9 nitrogen and oxygen atoms in total. The number of amides is 2. The normalized spacial score (nSPS) is 12.8. The Hall–Kier alpha value is -3.01. The molecule has 1 aliphatic rings. The maximum absolute atomic E-state index is 13.0. The number of nitrogens with zero attached hydrogens (tertiary/aromatic N) is 2. The van der Waals surface area contributed by atoms with Gasteiger partial charge in [0, 0.05) is 23.4 Å². The van der Waals surface area contributed by atoms with Crippen LogP contribution in [0.5, 0.6) is 17.2 Å². The number of fused-ring (bicyclic) bond motifs is 1. The van der Waals surface area contributed by atoms with E-state index in [4.69, 9.17) is 14.2 Å². The number of anilines is 1. The smallest absolute Gasteiger partial charge is 0.413 e. The summed E-state index contributed by atoms with van der Waals surface area (Å²) >= 11 is 1.33. The molecule has 0 aliphatic carbocycles. The molecule has 0 bridgehead atoms. The number of carbonyl (C=O) groups excluding carboxylic acids is 2. The van der Waals surface area contributed by atoms with E-state index in [0.717, 1.165) is 10.6 Å². The quantitative estimate of drug-likeness (QED) is 0.813. The van der Waals surface area contributed by atoms with E-state index in [-0.39, 0.29) is 5.91 Å². The van der Waals surface area contributed by atoms with Gasteiger partial charge in [0.05, 0.1) is 40.7 Å². The summed E-state index contributed by atoms with van der Waals surface area (Å²) in [5.41, 5.74) is 1.32. The highest BCUT2D eigenvalue weighted by Crippen LogP contribution is 2.39. The molecule has 1 aromatic heterocycles. The molecule has 1 aromatic carbocycles. The van der Waals surface area contributed by atoms with E-state index in [0.29, 0.717) is 47.5 Å². The minimum Gasteiger partial charge on any atom is -0.493 e. The first-order chi connectivity index (χ1) is 13.5. The maximum Gasteiger partial charge on any atom is 0.413 e. The molecule has 0 spiro atoms. The largest absolute Gasteiger partial charge is 0.493 e. The standard InChI is InChI=1S/C18H21N3O6S/c1-24-12-7-10(8-13(25-2)15(12)26-3)16(22)21-6-5-11-14(9-21)28-17(19-11)20-18(23)27-4/h7-8H,5-6,9H2,1-4H3,(H,19,20,23). The van der Waals surface area contributed by atoms with Crippen LogP contribution in [0, 0.1) is 0 Å². The van der Waals surface area contributed by atoms with Crippen molar-refractivity contribution in [2.75, 3.05) is 40.3 Å². The van der Waals surface area contributed by atoms with E-state index in [1.807, 2.05) is 0 Å². The Balaban J connectivity index is 1.82. The third kappa shape index (κ3) is 3.81. The Morgan fingerprint density at radius 2 is 1.79 bits per heavy atom. The molecule has 150 valence electrons. The predicted molar refractivity (Wildman–Crippen MR) is 103 cm³/mol. The summed E-state index contributed by atoms with van der Waals surface area (Å²) in [6, 6.07) is 3.27. The Morgan fingerprint density at radius 1 is 1.11 bits per heavy atom. The summed E-state index contributed by atoms with van der Waals surface area (Å²) in [4.78, 5) is 31.5. The molecule has 0 unspecified atom stereocenters. The van der Waals surface area contributed by atoms with Crippen molar-refractivity contribution in [2.45, 2.75) is 13.0 Å². The van der Waals surface area contributed by atoms with Crippen LogP contribution in [0.15, 0.2) is 12.1 Å². The maximum atomic E-state index is 13.0. The van der Waals surface area contributed by atoms with Gasteiger partial charge in [-0.2, -0.15) is 0 Å². The fourth-order valence-corrected chi connectivity index (χ4v) is 3.96. The molecule has 2 amide bonds. The molecule has 0 fully saturated rings. The van der Waals surface area contributed by atoms with Gasteiger partial charge in [0.25, 0.3) is 5.91 Å². The van der Waals surface area contributed by atoms with Crippen LogP contribution < -0.4 is 19.5 Å². The predicted octanol–water partition coefficient (Wildman–Crippen LogP) is 2.55. The summed E-state index contributed by atoms with van der Waals surface area (Å²) in [6.45, 7) is 0.926. The summed E-state index contributed by atoms with van der Waals surface area (Å²) in [5.74, 6) is 1.12. The first-order valence-electron chi connectivity index (χ1n) is 8.43. The third-order valence-corrected chi connectivity index (χ3v) is 5.32. The summed E-state index contributed by atoms with van der Waals surface area (Å²) in [7, 11) is 5.82. The van der Waals surface area contributed by atoms with Gasteiger partial charge in [-0.05, 0) is 12.1 Å². The number of hydrogen-bond acceptors (Lipinski definition) is 8. The molecule has 0 saturated heterocycles. The zero-order valence-corrected chi connectivity index (χ0v) is 16.8. The van der Waals surface area contributed by atoms with Crippen LogP contribution in [-0.4, -0.2) is 56.9 Å². The number of hydrogen-bond donors (Lipinski definition) is 1. The van der Waals surface area contributed by atoms with Gasteiger partial charge in [0.15, 0.2) is 16.6 Å². The van der Waals surface area contributed by atoms with Crippen LogP contribution in [0.25, 0.3) is 0 Å². The van der Waals surface area contributed by atoms with E-state index >= 15 is 0 Å². The fourth-order valence-electron chi connectivity index (χ4n) is 2.95. The Labute approximate surface area is 166 Å². The zero-order chi connectivity index (χ0) is 20.3. The molecule has 2 aromatic rings. The second kappa shape index (κ2) is 8.34. The van der Waals surface area contributed by atoms with E-state index in [1.54, 1.807) is 17.0 Å². The Bertz CT molecular complexity index is 872. The highest BCUT2D eigenvalue weighted by atomic mass is 32.1. The first-order valence-corrected chi connectivity index (χ1v) is 9.25. The molecule has 1 N–H and O–H groups in total. The average Bonchev–Trinajstić information content (AvgIpc) is 3.12. The fraction of sp³-hybridized carbons (Fsp3) is 0.389. The van der Waals surface area contributed by atoms with Crippen molar-refractivity contribution in [1.29, 1.82) is 0 Å². The van der Waals surface area contributed by atoms with Gasteiger partial charge in [-0.1, -0.05) is 11.3 Å². The first kappa shape index (κ1) is 19.7. The van der Waals surface area contributed by atoms with Gasteiger partial charge in [-0.25, -0.2) is 9.78 Å². The van der Waals surface area contributed by atoms with Crippen LogP contribution in [0.4, 0.5) is 9.93 Å². The van der Waals surface area contributed by atoms with Crippen molar-refractivity contribution in [1.82, 2.24) is 9.88 Å². The number of methoxy groups -OCH3 is 4. The molecule has 0 atom stereocenters. The van der Waals surface area contributed by atoms with Crippen LogP contribution in [0.3, 0.4) is 0 Å². The van der Waals surface area contributed by atoms with Crippen molar-refractivity contribution < 1.29 is 28.5 Å². The lowest BCUT2D eigenvalue weighted by Crippen LogP contribution is -2.35. The van der Waals surface area contributed by atoms with Crippen LogP contribution in [-0.2, 0) is 17.7 Å². The van der Waals surface area contributed by atoms with Gasteiger partial charge in [-0.3, -0.25) is 10.1 Å². The molecule has 1 aliphatic heterocycles. The van der Waals surface area contributed by atoms with E-state index in [9.17, 15) is 9.59 Å². The zero-order valence-electron chi connectivity index (χ0n) is 16.0. The van der Waals surface area contributed by atoms with Gasteiger partial charge < -0.3 is 23.8 Å². The molecule has 0 saturated carbocycles. The van der Waals surface area contributed by atoms with Crippen molar-refractivity contribution in [3.63, 3.8) is 0 Å². The van der Waals surface area contributed by atoms with Crippen molar-refractivity contribution in [2.24, 2.45) is 0 Å². The molecular weight excluding hydrogens is 386 g/mol. The number of nitrogens with one attached hydrogen (secondary N) is 1. The lowest BCUT2D eigenvalue weighted by molar-refractivity contribution is 0.0735. The topological polar surface area (TPSA) is 99.2 Å². The van der Waals surface area contributed by atoms with E-state index in [2.05, 4.69) is 15.0 Å². The molecule has 0 radical (unpaired) electrons. The van der Waals surface area contributed by atoms with Crippen LogP contribution >= 0.6 is 11.3 Å². The van der Waals surface area contributed by atoms with Crippen LogP contribution in [0.2, 0.25) is 0 Å². The van der Waals surface area contributed by atoms with Crippen molar-refractivity contribution >= 4 is 28.5 Å². The lowest BCUT2D eigenvalue weighted by Gasteiger charge is -2.26. The molecule has 28 heavy (non-hydrogen) atoms. The highest BCUT2D eigenvalue weighted by molar-refractivity contribution is 7.15. The number of rotatable bonds is 5. The Morgan fingerprint density at radius 3 is 2.36 bits per heavy atom. The van der Waals surface area contributed by atoms with E-state index in [1.165, 1.54) is 39.8 Å². The average molecular weight is 407 g/mol. The SMILES string of the molecule is COC(=O)Nc1nc2c(s1)CN(C(=O)c1cc(OC)c(OC)c(OC)c1)CC2. The minimum atomic E-state index is -0.573. The second-order valence-corrected chi connectivity index (χ2v) is 6.98. The number of benzene rings is 1. The van der Waals surface area contributed by atoms with Gasteiger partial charge >= 0.3 is 6.09 Å². The molecule has 2 heterocycles. The molecule has 3 rings (SSSR count). The monoisotopic (exact) mass is 407 g/mol. The number of ether oxygens (including phenoxy) is 4. The molecular formula is C18H21N3O6S. The summed E-state index contributed by atoms with van der Waals surface area (Å²) < 4.78 is 20.5. The van der Waals surface area contributed by atoms with Crippen LogP contribution in [0.1, 0.15) is 20.9 Å². The summed E-state index contributed by atoms with van der Waals surface area (Å²) in [6.07, 6.45) is 0.0293. The highest BCUT2D eigenvalue weighted by Gasteiger charge is 2.27. The third-order valence-electron chi connectivity index (χ3n) is 4.32. The minimum absolute atomic E-state index is 0.152.